The lowest BCUT2D eigenvalue weighted by molar-refractivity contribution is -0.138. The van der Waals surface area contributed by atoms with Gasteiger partial charge in [-0.15, -0.1) is 0 Å². The van der Waals surface area contributed by atoms with Crippen molar-refractivity contribution < 1.29 is 14.4 Å². The molecule has 7 heteroatoms. The lowest BCUT2D eigenvalue weighted by atomic mass is 10.2. The molecule has 0 radical (unpaired) electrons. The Hall–Kier alpha value is -3.19. The monoisotopic (exact) mass is 312 g/mol. The van der Waals surface area contributed by atoms with Crippen LogP contribution in [0.4, 0.5) is 11.4 Å². The van der Waals surface area contributed by atoms with Crippen LogP contribution in [0.25, 0.3) is 0 Å². The second-order valence-electron chi connectivity index (χ2n) is 4.59. The Morgan fingerprint density at radius 2 is 1.26 bits per heavy atom. The van der Waals surface area contributed by atoms with Crippen molar-refractivity contribution in [1.29, 1.82) is 0 Å². The number of benzene rings is 2. The Bertz CT molecular complexity index is 704. The number of hydrogen-bond donors (Lipinski definition) is 2. The van der Waals surface area contributed by atoms with Gasteiger partial charge in [0.25, 0.3) is 0 Å². The van der Waals surface area contributed by atoms with Crippen molar-refractivity contribution in [3.63, 3.8) is 0 Å². The minimum Gasteiger partial charge on any atom is -0.286 e. The molecule has 0 bridgehead atoms. The van der Waals surface area contributed by atoms with Crippen LogP contribution in [0.15, 0.2) is 60.7 Å². The number of nitrogens with two attached hydrogens (primary N) is 1. The molecule has 0 aromatic heterocycles. The maximum absolute atomic E-state index is 12.4. The molecule has 0 atom stereocenters. The molecular formula is C16H16N4O3. The van der Waals surface area contributed by atoms with Gasteiger partial charge in [-0.25, -0.2) is 15.9 Å². The van der Waals surface area contributed by atoms with E-state index in [1.54, 1.807) is 66.1 Å². The van der Waals surface area contributed by atoms with Crippen LogP contribution in [0.1, 0.15) is 6.92 Å². The molecule has 3 amide bonds. The Balaban J connectivity index is 2.56. The first kappa shape index (κ1) is 16.2. The molecule has 0 aliphatic rings. The first-order chi connectivity index (χ1) is 11.1. The summed E-state index contributed by atoms with van der Waals surface area (Å²) >= 11 is 0. The van der Waals surface area contributed by atoms with E-state index in [1.165, 1.54) is 6.92 Å². The molecule has 118 valence electrons. The quantitative estimate of drug-likeness (QED) is 0.374. The van der Waals surface area contributed by atoms with Crippen LogP contribution < -0.4 is 21.3 Å². The normalized spacial score (nSPS) is 9.83. The van der Waals surface area contributed by atoms with Gasteiger partial charge in [0.05, 0.1) is 11.4 Å². The van der Waals surface area contributed by atoms with Gasteiger partial charge in [0.1, 0.15) is 0 Å². The summed E-state index contributed by atoms with van der Waals surface area (Å²) in [6.45, 7) is 1.30. The highest BCUT2D eigenvalue weighted by Gasteiger charge is 2.31. The Labute approximate surface area is 133 Å². The van der Waals surface area contributed by atoms with Gasteiger partial charge < -0.3 is 0 Å². The average Bonchev–Trinajstić information content (AvgIpc) is 2.59. The highest BCUT2D eigenvalue weighted by atomic mass is 16.2. The second-order valence-corrected chi connectivity index (χ2v) is 4.59. The van der Waals surface area contributed by atoms with Gasteiger partial charge in [-0.2, -0.15) is 0 Å². The zero-order valence-corrected chi connectivity index (χ0v) is 12.5. The van der Waals surface area contributed by atoms with Crippen LogP contribution in [-0.2, 0) is 14.4 Å². The van der Waals surface area contributed by atoms with Gasteiger partial charge in [0, 0.05) is 6.92 Å². The zero-order valence-electron chi connectivity index (χ0n) is 12.5. The number of para-hydroxylation sites is 2. The predicted octanol–water partition coefficient (Wildman–Crippen LogP) is 0.978. The smallest absolute Gasteiger partial charge is 0.286 e. The Kier molecular flexibility index (Phi) is 5.06. The summed E-state index contributed by atoms with van der Waals surface area (Å²) < 4.78 is 0. The van der Waals surface area contributed by atoms with Gasteiger partial charge in [-0.3, -0.25) is 19.8 Å². The number of carbonyl (C=O) groups is 3. The number of nitrogens with one attached hydrogen (secondary N) is 1. The number of amides is 3. The van der Waals surface area contributed by atoms with E-state index in [0.717, 1.165) is 10.0 Å². The lowest BCUT2D eigenvalue weighted by Gasteiger charge is -2.33. The minimum absolute atomic E-state index is 0.361. The largest absolute Gasteiger partial charge is 0.336 e. The van der Waals surface area contributed by atoms with Crippen LogP contribution in [-0.4, -0.2) is 17.7 Å². The maximum atomic E-state index is 12.4. The summed E-state index contributed by atoms with van der Waals surface area (Å²) in [7, 11) is 0. The van der Waals surface area contributed by atoms with Crippen LogP contribution in [0, 0.1) is 0 Å². The van der Waals surface area contributed by atoms with Crippen LogP contribution in [0.2, 0.25) is 0 Å². The van der Waals surface area contributed by atoms with Crippen molar-refractivity contribution in [2.24, 2.45) is 5.84 Å². The first-order valence-corrected chi connectivity index (χ1v) is 6.82. The van der Waals surface area contributed by atoms with Crippen LogP contribution in [0.3, 0.4) is 0 Å². The van der Waals surface area contributed by atoms with E-state index >= 15 is 0 Å². The van der Waals surface area contributed by atoms with Crippen LogP contribution >= 0.6 is 0 Å². The second kappa shape index (κ2) is 7.19. The van der Waals surface area contributed by atoms with Gasteiger partial charge >= 0.3 is 11.8 Å². The molecule has 0 aliphatic carbocycles. The number of rotatable bonds is 2. The zero-order chi connectivity index (χ0) is 16.8. The molecule has 0 fully saturated rings. The average molecular weight is 312 g/mol. The van der Waals surface area contributed by atoms with Crippen molar-refractivity contribution in [1.82, 2.24) is 5.43 Å². The Morgan fingerprint density at radius 3 is 1.65 bits per heavy atom. The fraction of sp³-hybridized carbons (Fsp3) is 0.0625. The van der Waals surface area contributed by atoms with E-state index in [4.69, 9.17) is 5.84 Å². The molecule has 0 spiro atoms. The molecule has 23 heavy (non-hydrogen) atoms. The van der Waals surface area contributed by atoms with Gasteiger partial charge in [-0.05, 0) is 24.3 Å². The van der Waals surface area contributed by atoms with Crippen molar-refractivity contribution in [3.05, 3.63) is 60.7 Å². The fourth-order valence-electron chi connectivity index (χ4n) is 2.06. The Morgan fingerprint density at radius 1 is 0.826 bits per heavy atom. The molecule has 0 unspecified atom stereocenters. The first-order valence-electron chi connectivity index (χ1n) is 6.82. The number of hydrogen-bond acceptors (Lipinski definition) is 4. The van der Waals surface area contributed by atoms with E-state index in [2.05, 4.69) is 0 Å². The third-order valence-electron chi connectivity index (χ3n) is 3.02. The molecular weight excluding hydrogens is 296 g/mol. The molecule has 2 aromatic rings. The van der Waals surface area contributed by atoms with Crippen LogP contribution in [0.5, 0.6) is 0 Å². The molecule has 2 aromatic carbocycles. The lowest BCUT2D eigenvalue weighted by Crippen LogP contribution is -2.55. The molecule has 0 saturated heterocycles. The van der Waals surface area contributed by atoms with E-state index in [0.29, 0.717) is 11.4 Å². The predicted molar refractivity (Wildman–Crippen MR) is 85.9 cm³/mol. The highest BCUT2D eigenvalue weighted by molar-refractivity contribution is 6.41. The summed E-state index contributed by atoms with van der Waals surface area (Å²) in [5.41, 5.74) is 2.60. The SMILES string of the molecule is CC(=O)N(c1ccccc1)N(C(=O)C(=O)NN)c1ccccc1. The van der Waals surface area contributed by atoms with Gasteiger partial charge in [-0.1, -0.05) is 36.4 Å². The maximum Gasteiger partial charge on any atom is 0.336 e. The third-order valence-corrected chi connectivity index (χ3v) is 3.02. The van der Waals surface area contributed by atoms with E-state index in [9.17, 15) is 14.4 Å². The van der Waals surface area contributed by atoms with E-state index in [1.807, 2.05) is 0 Å². The molecule has 2 rings (SSSR count). The van der Waals surface area contributed by atoms with Crippen molar-refractivity contribution in [2.75, 3.05) is 10.0 Å². The number of anilines is 2. The molecule has 3 N–H and O–H groups in total. The number of hydrazine groups is 2. The van der Waals surface area contributed by atoms with Crippen molar-refractivity contribution in [3.8, 4) is 0 Å². The summed E-state index contributed by atoms with van der Waals surface area (Å²) in [4.78, 5) is 36.3. The summed E-state index contributed by atoms with van der Waals surface area (Å²) in [6.07, 6.45) is 0. The number of nitrogens with zero attached hydrogens (tertiary/aromatic N) is 2. The molecule has 0 saturated carbocycles. The molecule has 7 nitrogen and oxygen atoms in total. The minimum atomic E-state index is -1.03. The van der Waals surface area contributed by atoms with Crippen molar-refractivity contribution in [2.45, 2.75) is 6.92 Å². The van der Waals surface area contributed by atoms with Gasteiger partial charge in [0.15, 0.2) is 0 Å². The fourth-order valence-corrected chi connectivity index (χ4v) is 2.06. The molecule has 0 heterocycles. The highest BCUT2D eigenvalue weighted by Crippen LogP contribution is 2.23. The van der Waals surface area contributed by atoms with E-state index < -0.39 is 17.7 Å². The summed E-state index contributed by atoms with van der Waals surface area (Å²) in [6, 6.07) is 16.9. The molecule has 0 aliphatic heterocycles. The van der Waals surface area contributed by atoms with Gasteiger partial charge in [0.2, 0.25) is 5.91 Å². The summed E-state index contributed by atoms with van der Waals surface area (Å²) in [5, 5.41) is 2.10. The summed E-state index contributed by atoms with van der Waals surface area (Å²) in [5.74, 6) is 2.62. The third kappa shape index (κ3) is 3.53. The van der Waals surface area contributed by atoms with Crippen molar-refractivity contribution >= 4 is 29.1 Å². The topological polar surface area (TPSA) is 95.7 Å². The standard InChI is InChI=1S/C16H16N4O3/c1-12(21)19(13-8-4-2-5-9-13)20(16(23)15(22)18-17)14-10-6-3-7-11-14/h2-11H,17H2,1H3,(H,18,22). The van der Waals surface area contributed by atoms with E-state index in [-0.39, 0.29) is 0 Å². The number of carbonyl (C=O) groups excluding carboxylic acids is 3.